The van der Waals surface area contributed by atoms with Gasteiger partial charge in [-0.25, -0.2) is 18.0 Å². The maximum absolute atomic E-state index is 12.5. The molecule has 0 heterocycles. The van der Waals surface area contributed by atoms with Crippen LogP contribution in [0.5, 0.6) is 0 Å². The van der Waals surface area contributed by atoms with E-state index in [0.29, 0.717) is 4.31 Å². The Morgan fingerprint density at radius 3 is 1.91 bits per heavy atom. The summed E-state index contributed by atoms with van der Waals surface area (Å²) in [6.07, 6.45) is 0. The third kappa shape index (κ3) is 4.05. The van der Waals surface area contributed by atoms with E-state index in [1.807, 2.05) is 0 Å². The summed E-state index contributed by atoms with van der Waals surface area (Å²) in [6.45, 7) is 3.17. The zero-order valence-corrected chi connectivity index (χ0v) is 13.5. The van der Waals surface area contributed by atoms with Crippen molar-refractivity contribution in [3.8, 4) is 0 Å². The minimum absolute atomic E-state index is 0.0218. The molecule has 8 heteroatoms. The molecular weight excluding hydrogens is 310 g/mol. The Morgan fingerprint density at radius 1 is 1.05 bits per heavy atom. The number of likely N-dealkylation sites (N-methyl/N-ethyl adjacent to an activating group) is 1. The van der Waals surface area contributed by atoms with Crippen LogP contribution in [0.1, 0.15) is 13.8 Å². The first-order chi connectivity index (χ1) is 10.4. The molecular formula is C14H19NO6S. The standard InChI is InChI=1S/C14H19NO6S/c1-4-20-13(16)12(14(17)21-5-2)15(3)22(18,19)11-9-7-6-8-10-11/h6-10,12H,4-5H2,1-3H3. The number of rotatable bonds is 7. The molecule has 0 saturated heterocycles. The van der Waals surface area contributed by atoms with E-state index in [1.165, 1.54) is 12.1 Å². The number of hydrogen-bond acceptors (Lipinski definition) is 6. The molecule has 0 fully saturated rings. The maximum atomic E-state index is 12.5. The summed E-state index contributed by atoms with van der Waals surface area (Å²) in [5.74, 6) is -1.94. The van der Waals surface area contributed by atoms with E-state index in [0.717, 1.165) is 7.05 Å². The van der Waals surface area contributed by atoms with Crippen molar-refractivity contribution < 1.29 is 27.5 Å². The zero-order valence-electron chi connectivity index (χ0n) is 12.7. The molecule has 0 radical (unpaired) electrons. The van der Waals surface area contributed by atoms with Gasteiger partial charge in [0.15, 0.2) is 0 Å². The fraction of sp³-hybridized carbons (Fsp3) is 0.429. The lowest BCUT2D eigenvalue weighted by Crippen LogP contribution is -2.49. The van der Waals surface area contributed by atoms with Crippen molar-refractivity contribution in [2.75, 3.05) is 20.3 Å². The molecule has 0 amide bonds. The first-order valence-electron chi connectivity index (χ1n) is 6.72. The molecule has 0 aliphatic carbocycles. The Balaban J connectivity index is 3.18. The lowest BCUT2D eigenvalue weighted by Gasteiger charge is -2.24. The Kier molecular flexibility index (Phi) is 6.51. The van der Waals surface area contributed by atoms with Gasteiger partial charge in [0.2, 0.25) is 16.1 Å². The molecule has 1 aromatic carbocycles. The third-order valence-corrected chi connectivity index (χ3v) is 4.64. The van der Waals surface area contributed by atoms with Crippen molar-refractivity contribution >= 4 is 22.0 Å². The predicted octanol–water partition coefficient (Wildman–Crippen LogP) is 0.802. The van der Waals surface area contributed by atoms with Crippen LogP contribution >= 0.6 is 0 Å². The molecule has 0 saturated carbocycles. The lowest BCUT2D eigenvalue weighted by atomic mass is 10.3. The minimum atomic E-state index is -4.03. The Labute approximate surface area is 129 Å². The second-order valence-electron chi connectivity index (χ2n) is 4.24. The van der Waals surface area contributed by atoms with Crippen LogP contribution in [-0.2, 0) is 29.1 Å². The number of carbonyl (C=O) groups excluding carboxylic acids is 2. The second kappa shape index (κ2) is 7.90. The monoisotopic (exact) mass is 329 g/mol. The molecule has 1 aromatic rings. The SMILES string of the molecule is CCOC(=O)C(C(=O)OCC)N(C)S(=O)(=O)c1ccccc1. The van der Waals surface area contributed by atoms with E-state index in [1.54, 1.807) is 32.0 Å². The molecule has 0 N–H and O–H groups in total. The highest BCUT2D eigenvalue weighted by molar-refractivity contribution is 7.89. The number of carbonyl (C=O) groups is 2. The fourth-order valence-electron chi connectivity index (χ4n) is 1.73. The van der Waals surface area contributed by atoms with E-state index in [4.69, 9.17) is 9.47 Å². The molecule has 0 atom stereocenters. The summed E-state index contributed by atoms with van der Waals surface area (Å²) >= 11 is 0. The van der Waals surface area contributed by atoms with Crippen molar-refractivity contribution in [2.45, 2.75) is 24.8 Å². The number of sulfonamides is 1. The highest BCUT2D eigenvalue weighted by atomic mass is 32.2. The topological polar surface area (TPSA) is 90.0 Å². The van der Waals surface area contributed by atoms with Gasteiger partial charge in [0, 0.05) is 7.05 Å². The van der Waals surface area contributed by atoms with Crippen LogP contribution in [0.25, 0.3) is 0 Å². The zero-order chi connectivity index (χ0) is 16.8. The number of esters is 2. The van der Waals surface area contributed by atoms with Crippen molar-refractivity contribution in [1.82, 2.24) is 4.31 Å². The number of nitrogens with zero attached hydrogens (tertiary/aromatic N) is 1. The van der Waals surface area contributed by atoms with Crippen molar-refractivity contribution in [3.05, 3.63) is 30.3 Å². The summed E-state index contributed by atoms with van der Waals surface area (Å²) in [5, 5.41) is 0. The minimum Gasteiger partial charge on any atom is -0.464 e. The highest BCUT2D eigenvalue weighted by Crippen LogP contribution is 2.17. The largest absolute Gasteiger partial charge is 0.464 e. The van der Waals surface area contributed by atoms with E-state index >= 15 is 0 Å². The molecule has 0 bridgehead atoms. The Morgan fingerprint density at radius 2 is 1.50 bits per heavy atom. The highest BCUT2D eigenvalue weighted by Gasteiger charge is 2.40. The smallest absolute Gasteiger partial charge is 0.336 e. The van der Waals surface area contributed by atoms with E-state index in [-0.39, 0.29) is 18.1 Å². The van der Waals surface area contributed by atoms with Gasteiger partial charge in [-0.1, -0.05) is 18.2 Å². The van der Waals surface area contributed by atoms with Gasteiger partial charge in [0.05, 0.1) is 18.1 Å². The molecule has 0 spiro atoms. The van der Waals surface area contributed by atoms with Crippen molar-refractivity contribution in [2.24, 2.45) is 0 Å². The van der Waals surface area contributed by atoms with Crippen LogP contribution < -0.4 is 0 Å². The molecule has 0 aromatic heterocycles. The quantitative estimate of drug-likeness (QED) is 0.543. The van der Waals surface area contributed by atoms with Gasteiger partial charge in [-0.15, -0.1) is 0 Å². The van der Waals surface area contributed by atoms with Gasteiger partial charge in [0.25, 0.3) is 0 Å². The lowest BCUT2D eigenvalue weighted by molar-refractivity contribution is -0.160. The molecule has 0 unspecified atom stereocenters. The first-order valence-corrected chi connectivity index (χ1v) is 8.16. The van der Waals surface area contributed by atoms with Gasteiger partial charge in [0.1, 0.15) is 0 Å². The number of benzene rings is 1. The normalized spacial score (nSPS) is 11.5. The van der Waals surface area contributed by atoms with Gasteiger partial charge >= 0.3 is 11.9 Å². The van der Waals surface area contributed by atoms with Gasteiger partial charge < -0.3 is 9.47 Å². The molecule has 7 nitrogen and oxygen atoms in total. The molecule has 1 rings (SSSR count). The Bertz CT molecular complexity index is 595. The molecule has 0 aliphatic rings. The molecule has 0 aliphatic heterocycles. The first kappa shape index (κ1) is 18.1. The molecule has 22 heavy (non-hydrogen) atoms. The van der Waals surface area contributed by atoms with E-state index in [2.05, 4.69) is 0 Å². The maximum Gasteiger partial charge on any atom is 0.336 e. The van der Waals surface area contributed by atoms with Crippen LogP contribution in [0.2, 0.25) is 0 Å². The summed E-state index contributed by atoms with van der Waals surface area (Å²) < 4.78 is 35.2. The summed E-state index contributed by atoms with van der Waals surface area (Å²) in [6, 6.07) is 5.82. The van der Waals surface area contributed by atoms with Crippen LogP contribution in [-0.4, -0.2) is 51.0 Å². The average molecular weight is 329 g/mol. The van der Waals surface area contributed by atoms with Crippen LogP contribution in [0, 0.1) is 0 Å². The van der Waals surface area contributed by atoms with Gasteiger partial charge in [-0.3, -0.25) is 0 Å². The van der Waals surface area contributed by atoms with Crippen molar-refractivity contribution in [1.29, 1.82) is 0 Å². The van der Waals surface area contributed by atoms with Gasteiger partial charge in [-0.05, 0) is 26.0 Å². The Hall–Kier alpha value is -1.93. The number of ether oxygens (including phenoxy) is 2. The fourth-order valence-corrected chi connectivity index (χ4v) is 3.02. The predicted molar refractivity (Wildman–Crippen MR) is 78.4 cm³/mol. The van der Waals surface area contributed by atoms with Crippen LogP contribution in [0.4, 0.5) is 0 Å². The van der Waals surface area contributed by atoms with Crippen molar-refractivity contribution in [3.63, 3.8) is 0 Å². The average Bonchev–Trinajstić information content (AvgIpc) is 2.48. The molecule has 122 valence electrons. The van der Waals surface area contributed by atoms with Crippen LogP contribution in [0.3, 0.4) is 0 Å². The second-order valence-corrected chi connectivity index (χ2v) is 6.24. The van der Waals surface area contributed by atoms with E-state index < -0.39 is 28.0 Å². The summed E-state index contributed by atoms with van der Waals surface area (Å²) in [7, 11) is -2.89. The van der Waals surface area contributed by atoms with E-state index in [9.17, 15) is 18.0 Å². The van der Waals surface area contributed by atoms with Crippen LogP contribution in [0.15, 0.2) is 35.2 Å². The number of hydrogen-bond donors (Lipinski definition) is 0. The van der Waals surface area contributed by atoms with Gasteiger partial charge in [-0.2, -0.15) is 4.31 Å². The third-order valence-electron chi connectivity index (χ3n) is 2.80. The summed E-state index contributed by atoms with van der Waals surface area (Å²) in [5.41, 5.74) is 0. The summed E-state index contributed by atoms with van der Waals surface area (Å²) in [4.78, 5) is 23.9.